The number of hydrogen-bond donors (Lipinski definition) is 1. The number of carbonyl (C=O) groups excluding carboxylic acids is 1. The zero-order chi connectivity index (χ0) is 18.2. The minimum Gasteiger partial charge on any atom is -0.326 e. The summed E-state index contributed by atoms with van der Waals surface area (Å²) in [6.07, 6.45) is 3.02. The second-order valence-electron chi connectivity index (χ2n) is 6.60. The maximum atomic E-state index is 12.4. The van der Waals surface area contributed by atoms with Gasteiger partial charge in [0.2, 0.25) is 5.91 Å². The number of rotatable bonds is 7. The van der Waals surface area contributed by atoms with Gasteiger partial charge < -0.3 is 10.2 Å². The molecule has 2 aromatic rings. The van der Waals surface area contributed by atoms with Crippen molar-refractivity contribution in [1.82, 2.24) is 4.90 Å². The number of nitrogens with zero attached hydrogens (tertiary/aromatic N) is 1. The molecule has 3 rings (SSSR count). The number of amides is 1. The zero-order valence-corrected chi connectivity index (χ0v) is 16.4. The van der Waals surface area contributed by atoms with Crippen LogP contribution < -0.4 is 5.32 Å². The van der Waals surface area contributed by atoms with Crippen molar-refractivity contribution in [2.75, 3.05) is 30.7 Å². The summed E-state index contributed by atoms with van der Waals surface area (Å²) in [4.78, 5) is 16.0. The molecule has 1 aliphatic rings. The molecule has 0 bridgehead atoms. The van der Waals surface area contributed by atoms with Gasteiger partial charge in [0, 0.05) is 16.5 Å². The summed E-state index contributed by atoms with van der Waals surface area (Å²) in [5.74, 6) is 1.35. The van der Waals surface area contributed by atoms with Gasteiger partial charge in [-0.05, 0) is 68.9 Å². The molecule has 5 heteroatoms. The molecule has 0 aliphatic carbocycles. The third kappa shape index (κ3) is 5.76. The lowest BCUT2D eigenvalue weighted by molar-refractivity contribution is -0.121. The Morgan fingerprint density at radius 3 is 2.50 bits per heavy atom. The molecule has 1 aliphatic heterocycles. The van der Waals surface area contributed by atoms with Crippen LogP contribution in [0.5, 0.6) is 0 Å². The standard InChI is InChI=1S/C21H25ClN2OS/c22-19-9-4-5-10-20(19)26-16-6-13-24-14-11-17(12-15-24)21(25)23-18-7-2-1-3-8-18/h1-5,7-10,17H,6,11-16H2,(H,23,25). The third-order valence-electron chi connectivity index (χ3n) is 4.71. The van der Waals surface area contributed by atoms with Crippen LogP contribution in [0.15, 0.2) is 59.5 Å². The first kappa shape index (κ1) is 19.3. The SMILES string of the molecule is O=C(Nc1ccccc1)C1CCN(CCCSc2ccccc2Cl)CC1. The average molecular weight is 389 g/mol. The molecule has 0 unspecified atom stereocenters. The number of carbonyl (C=O) groups is 1. The van der Waals surface area contributed by atoms with Crippen molar-refractivity contribution >= 4 is 35.0 Å². The van der Waals surface area contributed by atoms with Crippen LogP contribution in [-0.2, 0) is 4.79 Å². The predicted octanol–water partition coefficient (Wildman–Crippen LogP) is 5.17. The van der Waals surface area contributed by atoms with Crippen LogP contribution in [0, 0.1) is 5.92 Å². The van der Waals surface area contributed by atoms with E-state index in [1.807, 2.05) is 60.3 Å². The first-order valence-electron chi connectivity index (χ1n) is 9.18. The summed E-state index contributed by atoms with van der Waals surface area (Å²) in [5.41, 5.74) is 0.886. The highest BCUT2D eigenvalue weighted by atomic mass is 35.5. The van der Waals surface area contributed by atoms with Crippen LogP contribution in [0.25, 0.3) is 0 Å². The van der Waals surface area contributed by atoms with Crippen LogP contribution in [0.3, 0.4) is 0 Å². The molecule has 138 valence electrons. The smallest absolute Gasteiger partial charge is 0.227 e. The largest absolute Gasteiger partial charge is 0.326 e. The first-order chi connectivity index (χ1) is 12.7. The maximum absolute atomic E-state index is 12.4. The number of benzene rings is 2. The Morgan fingerprint density at radius 1 is 1.08 bits per heavy atom. The second-order valence-corrected chi connectivity index (χ2v) is 8.15. The number of anilines is 1. The van der Waals surface area contributed by atoms with E-state index in [0.717, 1.165) is 60.3 Å². The number of thioether (sulfide) groups is 1. The van der Waals surface area contributed by atoms with Crippen molar-refractivity contribution in [2.24, 2.45) is 5.92 Å². The van der Waals surface area contributed by atoms with E-state index in [9.17, 15) is 4.79 Å². The van der Waals surface area contributed by atoms with E-state index in [1.165, 1.54) is 0 Å². The molecule has 3 nitrogen and oxygen atoms in total. The highest BCUT2D eigenvalue weighted by molar-refractivity contribution is 7.99. The summed E-state index contributed by atoms with van der Waals surface area (Å²) >= 11 is 8.01. The molecule has 26 heavy (non-hydrogen) atoms. The van der Waals surface area contributed by atoms with E-state index in [4.69, 9.17) is 11.6 Å². The van der Waals surface area contributed by atoms with Gasteiger partial charge in [-0.1, -0.05) is 41.9 Å². The second kappa shape index (κ2) is 10.0. The molecule has 2 aromatic carbocycles. The predicted molar refractivity (Wildman–Crippen MR) is 111 cm³/mol. The lowest BCUT2D eigenvalue weighted by atomic mass is 9.95. The Morgan fingerprint density at radius 2 is 1.77 bits per heavy atom. The number of nitrogens with one attached hydrogen (secondary N) is 1. The highest BCUT2D eigenvalue weighted by Crippen LogP contribution is 2.27. The van der Waals surface area contributed by atoms with Gasteiger partial charge in [-0.2, -0.15) is 0 Å². The highest BCUT2D eigenvalue weighted by Gasteiger charge is 2.24. The molecule has 1 saturated heterocycles. The van der Waals surface area contributed by atoms with Crippen LogP contribution in [0.4, 0.5) is 5.69 Å². The molecular formula is C21H25ClN2OS. The Balaban J connectivity index is 1.33. The number of para-hydroxylation sites is 1. The third-order valence-corrected chi connectivity index (χ3v) is 6.31. The topological polar surface area (TPSA) is 32.3 Å². The summed E-state index contributed by atoms with van der Waals surface area (Å²) in [5, 5.41) is 3.86. The van der Waals surface area contributed by atoms with Gasteiger partial charge in [0.25, 0.3) is 0 Å². The van der Waals surface area contributed by atoms with Crippen LogP contribution >= 0.6 is 23.4 Å². The van der Waals surface area contributed by atoms with Crippen molar-refractivity contribution < 1.29 is 4.79 Å². The summed E-state index contributed by atoms with van der Waals surface area (Å²) in [6.45, 7) is 3.09. The van der Waals surface area contributed by atoms with Crippen molar-refractivity contribution in [3.63, 3.8) is 0 Å². The molecule has 0 aromatic heterocycles. The number of hydrogen-bond acceptors (Lipinski definition) is 3. The summed E-state index contributed by atoms with van der Waals surface area (Å²) in [7, 11) is 0. The minimum atomic E-state index is 0.129. The van der Waals surface area contributed by atoms with Crippen molar-refractivity contribution in [2.45, 2.75) is 24.2 Å². The van der Waals surface area contributed by atoms with E-state index in [1.54, 1.807) is 0 Å². The quantitative estimate of drug-likeness (QED) is 0.524. The van der Waals surface area contributed by atoms with Crippen molar-refractivity contribution in [3.8, 4) is 0 Å². The van der Waals surface area contributed by atoms with Crippen molar-refractivity contribution in [1.29, 1.82) is 0 Å². The van der Waals surface area contributed by atoms with E-state index in [0.29, 0.717) is 0 Å². The molecule has 0 saturated carbocycles. The molecule has 1 heterocycles. The fraction of sp³-hybridized carbons (Fsp3) is 0.381. The molecule has 1 N–H and O–H groups in total. The average Bonchev–Trinajstić information content (AvgIpc) is 2.68. The summed E-state index contributed by atoms with van der Waals surface area (Å²) in [6, 6.07) is 17.7. The van der Waals surface area contributed by atoms with E-state index >= 15 is 0 Å². The number of piperidine rings is 1. The maximum Gasteiger partial charge on any atom is 0.227 e. The van der Waals surface area contributed by atoms with Gasteiger partial charge >= 0.3 is 0 Å². The fourth-order valence-corrected chi connectivity index (χ4v) is 4.39. The van der Waals surface area contributed by atoms with Gasteiger partial charge in [-0.3, -0.25) is 4.79 Å². The van der Waals surface area contributed by atoms with E-state index in [2.05, 4.69) is 16.3 Å². The summed E-state index contributed by atoms with van der Waals surface area (Å²) < 4.78 is 0. The first-order valence-corrected chi connectivity index (χ1v) is 10.5. The molecule has 0 radical (unpaired) electrons. The molecule has 1 amide bonds. The fourth-order valence-electron chi connectivity index (χ4n) is 3.22. The van der Waals surface area contributed by atoms with Crippen LogP contribution in [0.1, 0.15) is 19.3 Å². The monoisotopic (exact) mass is 388 g/mol. The zero-order valence-electron chi connectivity index (χ0n) is 14.9. The number of halogens is 1. The molecular weight excluding hydrogens is 364 g/mol. The van der Waals surface area contributed by atoms with E-state index < -0.39 is 0 Å². The van der Waals surface area contributed by atoms with Gasteiger partial charge in [0.1, 0.15) is 0 Å². The van der Waals surface area contributed by atoms with Gasteiger partial charge in [0.15, 0.2) is 0 Å². The number of likely N-dealkylation sites (tertiary alicyclic amines) is 1. The minimum absolute atomic E-state index is 0.129. The lowest BCUT2D eigenvalue weighted by Crippen LogP contribution is -2.38. The Bertz CT molecular complexity index is 702. The van der Waals surface area contributed by atoms with Crippen molar-refractivity contribution in [3.05, 3.63) is 59.6 Å². The Kier molecular flexibility index (Phi) is 7.42. The normalized spacial score (nSPS) is 15.7. The van der Waals surface area contributed by atoms with Crippen LogP contribution in [0.2, 0.25) is 5.02 Å². The lowest BCUT2D eigenvalue weighted by Gasteiger charge is -2.31. The Labute approximate surface area is 165 Å². The van der Waals surface area contributed by atoms with Gasteiger partial charge in [-0.15, -0.1) is 11.8 Å². The Hall–Kier alpha value is -1.49. The molecule has 1 fully saturated rings. The van der Waals surface area contributed by atoms with Crippen LogP contribution in [-0.4, -0.2) is 36.2 Å². The van der Waals surface area contributed by atoms with Gasteiger partial charge in [0.05, 0.1) is 5.02 Å². The van der Waals surface area contributed by atoms with Gasteiger partial charge in [-0.25, -0.2) is 0 Å². The van der Waals surface area contributed by atoms with E-state index in [-0.39, 0.29) is 11.8 Å². The molecule has 0 spiro atoms. The molecule has 0 atom stereocenters.